The first-order chi connectivity index (χ1) is 14.0. The lowest BCUT2D eigenvalue weighted by Crippen LogP contribution is -2.54. The van der Waals surface area contributed by atoms with E-state index in [1.54, 1.807) is 57.2 Å². The minimum Gasteiger partial charge on any atom is -0.497 e. The summed E-state index contributed by atoms with van der Waals surface area (Å²) in [6, 6.07) is 11.5. The van der Waals surface area contributed by atoms with E-state index < -0.39 is 33.4 Å². The van der Waals surface area contributed by atoms with Crippen molar-refractivity contribution in [2.75, 3.05) is 12.0 Å². The summed E-state index contributed by atoms with van der Waals surface area (Å²) >= 11 is 3.29. The topological polar surface area (TPSA) is 84.0 Å². The zero-order chi connectivity index (χ0) is 22.3. The zero-order valence-corrected chi connectivity index (χ0v) is 19.5. The summed E-state index contributed by atoms with van der Waals surface area (Å²) in [5.41, 5.74) is -0.550. The number of imide groups is 1. The number of methoxy groups -OCH3 is 1. The van der Waals surface area contributed by atoms with Crippen molar-refractivity contribution in [3.05, 3.63) is 53.0 Å². The maximum Gasteiger partial charge on any atom is 0.252 e. The largest absolute Gasteiger partial charge is 0.497 e. The molecular formula is C21H23BrN2O5S. The molecule has 2 aromatic rings. The van der Waals surface area contributed by atoms with Crippen molar-refractivity contribution in [2.24, 2.45) is 0 Å². The molecule has 2 amide bonds. The summed E-state index contributed by atoms with van der Waals surface area (Å²) in [7, 11) is -2.52. The first kappa shape index (κ1) is 22.5. The van der Waals surface area contributed by atoms with Gasteiger partial charge in [-0.15, -0.1) is 0 Å². The van der Waals surface area contributed by atoms with Crippen LogP contribution in [0.25, 0.3) is 0 Å². The van der Waals surface area contributed by atoms with Crippen LogP contribution in [-0.4, -0.2) is 43.2 Å². The molecule has 9 heteroatoms. The maximum atomic E-state index is 13.5. The fourth-order valence-electron chi connectivity index (χ4n) is 3.52. The van der Waals surface area contributed by atoms with Gasteiger partial charge in [0.2, 0.25) is 15.9 Å². The number of nitrogens with zero attached hydrogens (tertiary/aromatic N) is 2. The van der Waals surface area contributed by atoms with E-state index in [1.165, 1.54) is 19.2 Å². The molecule has 1 fully saturated rings. The number of halogens is 1. The molecule has 1 aliphatic rings. The molecule has 1 atom stereocenters. The third kappa shape index (κ3) is 4.14. The molecule has 0 radical (unpaired) electrons. The fourth-order valence-corrected chi connectivity index (χ4v) is 5.71. The number of sulfonamides is 1. The first-order valence-electron chi connectivity index (χ1n) is 9.28. The maximum absolute atomic E-state index is 13.5. The van der Waals surface area contributed by atoms with Gasteiger partial charge in [-0.05, 0) is 69.3 Å². The Bertz CT molecular complexity index is 1060. The van der Waals surface area contributed by atoms with Gasteiger partial charge in [-0.25, -0.2) is 13.3 Å². The van der Waals surface area contributed by atoms with E-state index in [-0.39, 0.29) is 11.3 Å². The minimum absolute atomic E-state index is 0.0590. The SMILES string of the molecule is COc1ccc(N2C(=O)CC(N(C(C)(C)C)S(=O)(=O)c3ccc(Br)cc3)C2=O)cc1. The Kier molecular flexibility index (Phi) is 6.08. The Morgan fingerprint density at radius 2 is 1.60 bits per heavy atom. The third-order valence-electron chi connectivity index (χ3n) is 4.77. The van der Waals surface area contributed by atoms with E-state index in [1.807, 2.05) is 0 Å². The van der Waals surface area contributed by atoms with Gasteiger partial charge in [0.05, 0.1) is 24.1 Å². The van der Waals surface area contributed by atoms with E-state index >= 15 is 0 Å². The Hall–Kier alpha value is -2.23. The number of benzene rings is 2. The predicted molar refractivity (Wildman–Crippen MR) is 117 cm³/mol. The summed E-state index contributed by atoms with van der Waals surface area (Å²) in [5, 5.41) is 0. The van der Waals surface area contributed by atoms with Crippen LogP contribution in [-0.2, 0) is 19.6 Å². The highest BCUT2D eigenvalue weighted by atomic mass is 79.9. The highest BCUT2D eigenvalue weighted by Crippen LogP contribution is 2.34. The van der Waals surface area contributed by atoms with Crippen molar-refractivity contribution in [2.45, 2.75) is 43.7 Å². The molecule has 0 N–H and O–H groups in total. The van der Waals surface area contributed by atoms with Crippen LogP contribution in [0, 0.1) is 0 Å². The lowest BCUT2D eigenvalue weighted by Gasteiger charge is -2.37. The van der Waals surface area contributed by atoms with Crippen LogP contribution in [0.2, 0.25) is 0 Å². The molecule has 0 spiro atoms. The van der Waals surface area contributed by atoms with E-state index in [9.17, 15) is 18.0 Å². The van der Waals surface area contributed by atoms with E-state index in [0.29, 0.717) is 11.4 Å². The van der Waals surface area contributed by atoms with E-state index in [2.05, 4.69) is 15.9 Å². The van der Waals surface area contributed by atoms with Gasteiger partial charge < -0.3 is 4.74 Å². The molecule has 0 saturated carbocycles. The molecule has 160 valence electrons. The van der Waals surface area contributed by atoms with Crippen LogP contribution in [0.1, 0.15) is 27.2 Å². The second kappa shape index (κ2) is 8.13. The molecule has 1 heterocycles. The van der Waals surface area contributed by atoms with Crippen LogP contribution in [0.4, 0.5) is 5.69 Å². The summed E-state index contributed by atoms with van der Waals surface area (Å²) in [6.45, 7) is 5.12. The van der Waals surface area contributed by atoms with Crippen LogP contribution in [0.5, 0.6) is 5.75 Å². The van der Waals surface area contributed by atoms with Crippen molar-refractivity contribution >= 4 is 43.5 Å². The monoisotopic (exact) mass is 494 g/mol. The van der Waals surface area contributed by atoms with Crippen molar-refractivity contribution in [1.82, 2.24) is 4.31 Å². The molecule has 1 unspecified atom stereocenters. The van der Waals surface area contributed by atoms with Gasteiger partial charge in [0, 0.05) is 10.0 Å². The van der Waals surface area contributed by atoms with Gasteiger partial charge in [-0.2, -0.15) is 4.31 Å². The fraction of sp³-hybridized carbons (Fsp3) is 0.333. The number of ether oxygens (including phenoxy) is 1. The van der Waals surface area contributed by atoms with Gasteiger partial charge >= 0.3 is 0 Å². The Balaban J connectivity index is 2.02. The van der Waals surface area contributed by atoms with Crippen LogP contribution < -0.4 is 9.64 Å². The number of anilines is 1. The van der Waals surface area contributed by atoms with Crippen LogP contribution in [0.3, 0.4) is 0 Å². The first-order valence-corrected chi connectivity index (χ1v) is 11.5. The molecule has 30 heavy (non-hydrogen) atoms. The lowest BCUT2D eigenvalue weighted by atomic mass is 10.1. The number of hydrogen-bond donors (Lipinski definition) is 0. The number of carbonyl (C=O) groups excluding carboxylic acids is 2. The molecule has 0 aromatic heterocycles. The Morgan fingerprint density at radius 1 is 1.03 bits per heavy atom. The summed E-state index contributed by atoms with van der Waals surface area (Å²) in [5.74, 6) is -0.431. The number of rotatable bonds is 5. The van der Waals surface area contributed by atoms with Gasteiger partial charge in [-0.3, -0.25) is 9.59 Å². The predicted octanol–water partition coefficient (Wildman–Crippen LogP) is 3.58. The van der Waals surface area contributed by atoms with Crippen LogP contribution >= 0.6 is 15.9 Å². The molecule has 7 nitrogen and oxygen atoms in total. The lowest BCUT2D eigenvalue weighted by molar-refractivity contribution is -0.122. The Morgan fingerprint density at radius 3 is 2.10 bits per heavy atom. The van der Waals surface area contributed by atoms with Crippen LogP contribution in [0.15, 0.2) is 57.9 Å². The molecular weight excluding hydrogens is 472 g/mol. The Labute approximate surface area is 184 Å². The van der Waals surface area contributed by atoms with Gasteiger partial charge in [0.25, 0.3) is 5.91 Å². The number of carbonyl (C=O) groups is 2. The van der Waals surface area contributed by atoms with E-state index in [4.69, 9.17) is 4.74 Å². The van der Waals surface area contributed by atoms with Crippen molar-refractivity contribution in [1.29, 1.82) is 0 Å². The summed E-state index contributed by atoms with van der Waals surface area (Å²) in [6.07, 6.45) is -0.224. The standard InChI is InChI=1S/C21H23BrN2O5S/c1-21(2,3)24(30(27,28)17-11-5-14(22)6-12-17)18-13-19(25)23(20(18)26)15-7-9-16(29-4)10-8-15/h5-12,18H,13H2,1-4H3. The molecule has 3 rings (SSSR count). The second-order valence-electron chi connectivity index (χ2n) is 7.91. The van der Waals surface area contributed by atoms with Gasteiger partial charge in [-0.1, -0.05) is 15.9 Å². The molecule has 1 aliphatic heterocycles. The second-order valence-corrected chi connectivity index (χ2v) is 10.6. The molecule has 2 aromatic carbocycles. The minimum atomic E-state index is -4.04. The van der Waals surface area contributed by atoms with Crippen molar-refractivity contribution in [3.63, 3.8) is 0 Å². The molecule has 1 saturated heterocycles. The smallest absolute Gasteiger partial charge is 0.252 e. The zero-order valence-electron chi connectivity index (χ0n) is 17.1. The van der Waals surface area contributed by atoms with Crippen molar-refractivity contribution < 1.29 is 22.7 Å². The summed E-state index contributed by atoms with van der Waals surface area (Å²) < 4.78 is 33.9. The molecule has 0 bridgehead atoms. The quantitative estimate of drug-likeness (QED) is 0.593. The number of amides is 2. The number of hydrogen-bond acceptors (Lipinski definition) is 5. The van der Waals surface area contributed by atoms with E-state index in [0.717, 1.165) is 13.7 Å². The van der Waals surface area contributed by atoms with Crippen molar-refractivity contribution in [3.8, 4) is 5.75 Å². The summed E-state index contributed by atoms with van der Waals surface area (Å²) in [4.78, 5) is 27.1. The highest BCUT2D eigenvalue weighted by Gasteiger charge is 2.50. The van der Waals surface area contributed by atoms with Gasteiger partial charge in [0.15, 0.2) is 0 Å². The molecule has 0 aliphatic carbocycles. The average molecular weight is 495 g/mol. The normalized spacial score (nSPS) is 17.7. The van der Waals surface area contributed by atoms with Gasteiger partial charge in [0.1, 0.15) is 11.8 Å². The third-order valence-corrected chi connectivity index (χ3v) is 7.48. The highest BCUT2D eigenvalue weighted by molar-refractivity contribution is 9.10. The average Bonchev–Trinajstić information content (AvgIpc) is 2.94.